The van der Waals surface area contributed by atoms with Gasteiger partial charge in [-0.15, -0.1) is 0 Å². The molecule has 1 aromatic carbocycles. The number of aryl methyl sites for hydroxylation is 1. The maximum atomic E-state index is 10.6. The van der Waals surface area contributed by atoms with Gasteiger partial charge in [0.1, 0.15) is 5.82 Å². The van der Waals surface area contributed by atoms with E-state index in [1.807, 2.05) is 6.92 Å². The molecule has 0 atom stereocenters. The molecule has 104 valence electrons. The Bertz CT molecular complexity index is 614. The van der Waals surface area contributed by atoms with Gasteiger partial charge >= 0.3 is 0 Å². The van der Waals surface area contributed by atoms with Gasteiger partial charge in [-0.25, -0.2) is 9.97 Å². The minimum Gasteiger partial charge on any atom is -0.395 e. The van der Waals surface area contributed by atoms with Gasteiger partial charge in [0.05, 0.1) is 11.5 Å². The molecule has 1 heterocycles. The van der Waals surface area contributed by atoms with Gasteiger partial charge in [-0.05, 0) is 19.1 Å². The molecule has 2 rings (SSSR count). The van der Waals surface area contributed by atoms with Crippen LogP contribution in [0.1, 0.15) is 5.69 Å². The van der Waals surface area contributed by atoms with Gasteiger partial charge < -0.3 is 10.4 Å². The van der Waals surface area contributed by atoms with Gasteiger partial charge in [-0.1, -0.05) is 0 Å². The molecule has 0 bridgehead atoms. The summed E-state index contributed by atoms with van der Waals surface area (Å²) in [5.41, 5.74) is 1.50. The summed E-state index contributed by atoms with van der Waals surface area (Å²) in [6.45, 7) is 2.24. The summed E-state index contributed by atoms with van der Waals surface area (Å²) >= 11 is 0. The number of hydrogen-bond acceptors (Lipinski definition) is 6. The van der Waals surface area contributed by atoms with Gasteiger partial charge in [-0.3, -0.25) is 10.1 Å². The lowest BCUT2D eigenvalue weighted by Crippen LogP contribution is -2.08. The fraction of sp³-hybridized carbons (Fsp3) is 0.231. The van der Waals surface area contributed by atoms with Crippen LogP contribution in [0.5, 0.6) is 0 Å². The second-order valence-electron chi connectivity index (χ2n) is 4.17. The summed E-state index contributed by atoms with van der Waals surface area (Å²) in [6, 6.07) is 7.83. The molecule has 7 nitrogen and oxygen atoms in total. The normalized spacial score (nSPS) is 10.3. The van der Waals surface area contributed by atoms with E-state index >= 15 is 0 Å². The second kappa shape index (κ2) is 6.07. The topological polar surface area (TPSA) is 101 Å². The molecule has 7 heteroatoms. The van der Waals surface area contributed by atoms with Crippen molar-refractivity contribution < 1.29 is 10.0 Å². The highest BCUT2D eigenvalue weighted by molar-refractivity contribution is 5.59. The number of benzene rings is 1. The van der Waals surface area contributed by atoms with Crippen LogP contribution in [0.15, 0.2) is 30.3 Å². The predicted octanol–water partition coefficient (Wildman–Crippen LogP) is 1.76. The fourth-order valence-corrected chi connectivity index (χ4v) is 1.70. The molecular formula is C13H14N4O3. The Kier molecular flexibility index (Phi) is 4.21. The van der Waals surface area contributed by atoms with Crippen LogP contribution in [0.3, 0.4) is 0 Å². The van der Waals surface area contributed by atoms with Crippen molar-refractivity contribution in [1.29, 1.82) is 0 Å². The Labute approximate surface area is 115 Å². The number of anilines is 1. The minimum absolute atomic E-state index is 0.00984. The smallest absolute Gasteiger partial charge is 0.269 e. The monoisotopic (exact) mass is 274 g/mol. The Balaban J connectivity index is 2.31. The number of aliphatic hydroxyl groups excluding tert-OH is 1. The van der Waals surface area contributed by atoms with Crippen LogP contribution in [0, 0.1) is 17.0 Å². The molecule has 0 aliphatic carbocycles. The van der Waals surface area contributed by atoms with E-state index in [1.54, 1.807) is 18.2 Å². The first-order chi connectivity index (χ1) is 9.60. The number of rotatable bonds is 5. The SMILES string of the molecule is Cc1cc(NCCO)nc(-c2ccc([N+](=O)[O-])cc2)n1. The third-order valence-electron chi connectivity index (χ3n) is 2.61. The van der Waals surface area contributed by atoms with Gasteiger partial charge in [0.15, 0.2) is 5.82 Å². The number of non-ortho nitro benzene ring substituents is 1. The summed E-state index contributed by atoms with van der Waals surface area (Å²) in [7, 11) is 0. The zero-order valence-electron chi connectivity index (χ0n) is 10.9. The summed E-state index contributed by atoms with van der Waals surface area (Å²) in [6.07, 6.45) is 0. The summed E-state index contributed by atoms with van der Waals surface area (Å²) < 4.78 is 0. The average molecular weight is 274 g/mol. The van der Waals surface area contributed by atoms with E-state index in [0.717, 1.165) is 5.69 Å². The van der Waals surface area contributed by atoms with Crippen LogP contribution in [-0.2, 0) is 0 Å². The van der Waals surface area contributed by atoms with Gasteiger partial charge in [0.25, 0.3) is 5.69 Å². The van der Waals surface area contributed by atoms with Crippen LogP contribution in [0.4, 0.5) is 11.5 Å². The zero-order valence-corrected chi connectivity index (χ0v) is 10.9. The number of nitrogens with one attached hydrogen (secondary N) is 1. The Morgan fingerprint density at radius 1 is 1.30 bits per heavy atom. The van der Waals surface area contributed by atoms with Gasteiger partial charge in [0, 0.05) is 36.0 Å². The van der Waals surface area contributed by atoms with Crippen LogP contribution < -0.4 is 5.32 Å². The van der Waals surface area contributed by atoms with Crippen LogP contribution in [0.25, 0.3) is 11.4 Å². The van der Waals surface area contributed by atoms with Crippen molar-refractivity contribution >= 4 is 11.5 Å². The molecule has 0 radical (unpaired) electrons. The molecule has 0 fully saturated rings. The van der Waals surface area contributed by atoms with Gasteiger partial charge in [-0.2, -0.15) is 0 Å². The molecule has 0 saturated heterocycles. The molecule has 1 aromatic heterocycles. The summed E-state index contributed by atoms with van der Waals surface area (Å²) in [5.74, 6) is 1.10. The van der Waals surface area contributed by atoms with Crippen molar-refractivity contribution in [3.8, 4) is 11.4 Å². The van der Waals surface area contributed by atoms with Crippen molar-refractivity contribution in [2.45, 2.75) is 6.92 Å². The fourth-order valence-electron chi connectivity index (χ4n) is 1.70. The first-order valence-electron chi connectivity index (χ1n) is 6.05. The molecule has 0 amide bonds. The van der Waals surface area contributed by atoms with E-state index < -0.39 is 4.92 Å². The molecule has 2 N–H and O–H groups in total. The molecule has 2 aromatic rings. The number of aliphatic hydroxyl groups is 1. The quantitative estimate of drug-likeness (QED) is 0.636. The van der Waals surface area contributed by atoms with E-state index in [2.05, 4.69) is 15.3 Å². The minimum atomic E-state index is -0.449. The molecule has 0 saturated carbocycles. The van der Waals surface area contributed by atoms with Crippen molar-refractivity contribution in [2.24, 2.45) is 0 Å². The highest BCUT2D eigenvalue weighted by Crippen LogP contribution is 2.21. The molecule has 0 unspecified atom stereocenters. The zero-order chi connectivity index (χ0) is 14.5. The maximum Gasteiger partial charge on any atom is 0.269 e. The third kappa shape index (κ3) is 3.27. The molecule has 0 aliphatic rings. The number of aromatic nitrogens is 2. The number of nitro groups is 1. The Hall–Kier alpha value is -2.54. The van der Waals surface area contributed by atoms with E-state index in [9.17, 15) is 10.1 Å². The molecule has 0 aliphatic heterocycles. The van der Waals surface area contributed by atoms with E-state index in [-0.39, 0.29) is 12.3 Å². The summed E-state index contributed by atoms with van der Waals surface area (Å²) in [4.78, 5) is 18.8. The molecular weight excluding hydrogens is 260 g/mol. The first-order valence-corrected chi connectivity index (χ1v) is 6.05. The highest BCUT2D eigenvalue weighted by atomic mass is 16.6. The van der Waals surface area contributed by atoms with Crippen LogP contribution in [-0.4, -0.2) is 33.1 Å². The summed E-state index contributed by atoms with van der Waals surface area (Å²) in [5, 5.41) is 22.4. The molecule has 0 spiro atoms. The Morgan fingerprint density at radius 2 is 2.00 bits per heavy atom. The van der Waals surface area contributed by atoms with Crippen molar-refractivity contribution in [3.05, 3.63) is 46.1 Å². The predicted molar refractivity (Wildman–Crippen MR) is 74.4 cm³/mol. The van der Waals surface area contributed by atoms with E-state index in [0.29, 0.717) is 23.8 Å². The van der Waals surface area contributed by atoms with Crippen LogP contribution in [0.2, 0.25) is 0 Å². The number of nitrogens with zero attached hydrogens (tertiary/aromatic N) is 3. The van der Waals surface area contributed by atoms with Crippen LogP contribution >= 0.6 is 0 Å². The van der Waals surface area contributed by atoms with Crippen molar-refractivity contribution in [2.75, 3.05) is 18.5 Å². The van der Waals surface area contributed by atoms with E-state index in [1.165, 1.54) is 12.1 Å². The average Bonchev–Trinajstić information content (AvgIpc) is 2.44. The number of nitro benzene ring substituents is 1. The number of hydrogen-bond donors (Lipinski definition) is 2. The standard InChI is InChI=1S/C13H14N4O3/c1-9-8-12(14-6-7-18)16-13(15-9)10-2-4-11(5-3-10)17(19)20/h2-5,8,18H,6-7H2,1H3,(H,14,15,16). The Morgan fingerprint density at radius 3 is 2.60 bits per heavy atom. The second-order valence-corrected chi connectivity index (χ2v) is 4.17. The molecule has 20 heavy (non-hydrogen) atoms. The van der Waals surface area contributed by atoms with E-state index in [4.69, 9.17) is 5.11 Å². The maximum absolute atomic E-state index is 10.6. The van der Waals surface area contributed by atoms with Crippen molar-refractivity contribution in [1.82, 2.24) is 9.97 Å². The lowest BCUT2D eigenvalue weighted by molar-refractivity contribution is -0.384. The first kappa shape index (κ1) is 13.9. The lowest BCUT2D eigenvalue weighted by atomic mass is 10.2. The highest BCUT2D eigenvalue weighted by Gasteiger charge is 2.08. The lowest BCUT2D eigenvalue weighted by Gasteiger charge is -2.07. The largest absolute Gasteiger partial charge is 0.395 e. The van der Waals surface area contributed by atoms with Crippen molar-refractivity contribution in [3.63, 3.8) is 0 Å². The third-order valence-corrected chi connectivity index (χ3v) is 2.61. The van der Waals surface area contributed by atoms with Gasteiger partial charge in [0.2, 0.25) is 0 Å².